The number of carbonyl (C=O) groups excluding carboxylic acids is 2. The summed E-state index contributed by atoms with van der Waals surface area (Å²) in [5.74, 6) is -0.0156. The first kappa shape index (κ1) is 17.9. The summed E-state index contributed by atoms with van der Waals surface area (Å²) in [6.07, 6.45) is 7.21. The summed E-state index contributed by atoms with van der Waals surface area (Å²) in [5.41, 5.74) is 0.920. The van der Waals surface area contributed by atoms with Gasteiger partial charge in [0.1, 0.15) is 11.4 Å². The van der Waals surface area contributed by atoms with Crippen LogP contribution in [0.25, 0.3) is 0 Å². The minimum absolute atomic E-state index is 0.0246. The Morgan fingerprint density at radius 3 is 2.25 bits per heavy atom. The number of hydrogen-bond acceptors (Lipinski definition) is 3. The summed E-state index contributed by atoms with van der Waals surface area (Å²) in [4.78, 5) is 31.5. The fourth-order valence-electron chi connectivity index (χ4n) is 3.62. The van der Waals surface area contributed by atoms with Crippen LogP contribution in [0.4, 0.5) is 0 Å². The Labute approximate surface area is 164 Å². The molecule has 2 heterocycles. The molecule has 0 saturated heterocycles. The van der Waals surface area contributed by atoms with Gasteiger partial charge in [0.2, 0.25) is 5.91 Å². The van der Waals surface area contributed by atoms with Crippen LogP contribution < -0.4 is 5.32 Å². The number of amides is 2. The van der Waals surface area contributed by atoms with Crippen molar-refractivity contribution in [2.75, 3.05) is 0 Å². The van der Waals surface area contributed by atoms with Crippen molar-refractivity contribution in [2.45, 2.75) is 24.9 Å². The van der Waals surface area contributed by atoms with Crippen LogP contribution in [-0.2, 0) is 9.59 Å². The summed E-state index contributed by atoms with van der Waals surface area (Å²) in [5, 5.41) is 3.17. The normalized spacial score (nSPS) is 20.7. The van der Waals surface area contributed by atoms with E-state index < -0.39 is 5.54 Å². The van der Waals surface area contributed by atoms with Gasteiger partial charge in [0.15, 0.2) is 0 Å². The third kappa shape index (κ3) is 3.27. The smallest absolute Gasteiger partial charge is 0.250 e. The van der Waals surface area contributed by atoms with E-state index in [4.69, 9.17) is 0 Å². The monoisotopic (exact) mass is 371 g/mol. The second kappa shape index (κ2) is 7.27. The number of carbonyl (C=O) groups is 2. The lowest BCUT2D eigenvalue weighted by Gasteiger charge is -2.42. The third-order valence-electron chi connectivity index (χ3n) is 5.14. The second-order valence-corrected chi connectivity index (χ2v) is 7.11. The fraction of sp³-hybridized carbons (Fsp3) is 0.174. The Morgan fingerprint density at radius 2 is 1.64 bits per heavy atom. The first-order valence-electron chi connectivity index (χ1n) is 9.24. The zero-order valence-corrected chi connectivity index (χ0v) is 15.6. The molecule has 0 bridgehead atoms. The number of nitrogens with zero attached hydrogens (tertiary/aromatic N) is 2. The number of allylic oxidation sites excluding steroid dienone is 2. The number of hydrogen-bond donors (Lipinski definition) is 1. The maximum absolute atomic E-state index is 13.5. The summed E-state index contributed by atoms with van der Waals surface area (Å²) in [7, 11) is 0. The predicted molar refractivity (Wildman–Crippen MR) is 108 cm³/mol. The highest BCUT2D eigenvalue weighted by Gasteiger charge is 2.45. The quantitative estimate of drug-likeness (QED) is 0.896. The highest BCUT2D eigenvalue weighted by molar-refractivity contribution is 6.09. The van der Waals surface area contributed by atoms with Crippen LogP contribution >= 0.6 is 0 Å². The molecule has 1 N–H and O–H groups in total. The number of fused-ring (bicyclic) bond motifs is 1. The van der Waals surface area contributed by atoms with Gasteiger partial charge in [-0.25, -0.2) is 0 Å². The third-order valence-corrected chi connectivity index (χ3v) is 5.14. The first-order chi connectivity index (χ1) is 13.6. The van der Waals surface area contributed by atoms with Crippen LogP contribution in [-0.4, -0.2) is 28.1 Å². The van der Waals surface area contributed by atoms with E-state index in [9.17, 15) is 9.59 Å². The van der Waals surface area contributed by atoms with Crippen molar-refractivity contribution in [1.29, 1.82) is 0 Å². The zero-order chi connectivity index (χ0) is 19.6. The van der Waals surface area contributed by atoms with Gasteiger partial charge in [-0.2, -0.15) is 4.99 Å². The molecule has 2 aromatic rings. The topological polar surface area (TPSA) is 61.8 Å². The Bertz CT molecular complexity index is 940. The van der Waals surface area contributed by atoms with Crippen LogP contribution in [0.1, 0.15) is 30.5 Å². The van der Waals surface area contributed by atoms with Gasteiger partial charge >= 0.3 is 0 Å². The number of benzene rings is 2. The molecule has 28 heavy (non-hydrogen) atoms. The molecular weight excluding hydrogens is 350 g/mol. The van der Waals surface area contributed by atoms with E-state index in [1.165, 1.54) is 0 Å². The lowest BCUT2D eigenvalue weighted by molar-refractivity contribution is -0.135. The lowest BCUT2D eigenvalue weighted by Crippen LogP contribution is -2.60. The van der Waals surface area contributed by atoms with E-state index in [0.29, 0.717) is 5.84 Å². The Balaban J connectivity index is 1.68. The maximum Gasteiger partial charge on any atom is 0.250 e. The van der Waals surface area contributed by atoms with Crippen molar-refractivity contribution in [1.82, 2.24) is 10.2 Å². The Hall–Kier alpha value is -3.47. The predicted octanol–water partition coefficient (Wildman–Crippen LogP) is 3.37. The summed E-state index contributed by atoms with van der Waals surface area (Å²) < 4.78 is 0. The van der Waals surface area contributed by atoms with Crippen molar-refractivity contribution in [3.63, 3.8) is 0 Å². The second-order valence-electron chi connectivity index (χ2n) is 7.11. The van der Waals surface area contributed by atoms with Gasteiger partial charge in [-0.3, -0.25) is 9.59 Å². The molecule has 4 rings (SSSR count). The van der Waals surface area contributed by atoms with Crippen molar-refractivity contribution < 1.29 is 9.59 Å². The number of aliphatic imine (C=N–C) groups is 1. The number of nitrogens with one attached hydrogen (secondary N) is 1. The van der Waals surface area contributed by atoms with E-state index in [-0.39, 0.29) is 24.3 Å². The highest BCUT2D eigenvalue weighted by atomic mass is 16.2. The molecule has 2 aliphatic heterocycles. The number of amidine groups is 1. The van der Waals surface area contributed by atoms with Crippen molar-refractivity contribution in [3.05, 3.63) is 96.2 Å². The van der Waals surface area contributed by atoms with Crippen LogP contribution in [0.2, 0.25) is 0 Å². The molecule has 5 nitrogen and oxygen atoms in total. The average Bonchev–Trinajstić information content (AvgIpc) is 2.73. The van der Waals surface area contributed by atoms with E-state index in [1.807, 2.05) is 72.8 Å². The van der Waals surface area contributed by atoms with Gasteiger partial charge < -0.3 is 10.2 Å². The molecule has 0 saturated carbocycles. The summed E-state index contributed by atoms with van der Waals surface area (Å²) >= 11 is 0. The van der Waals surface area contributed by atoms with Gasteiger partial charge in [-0.1, -0.05) is 66.7 Å². The molecular formula is C23H21N3O2. The Kier molecular flexibility index (Phi) is 4.65. The van der Waals surface area contributed by atoms with Crippen LogP contribution in [0, 0.1) is 0 Å². The number of rotatable bonds is 4. The lowest BCUT2D eigenvalue weighted by atomic mass is 9.89. The Morgan fingerprint density at radius 1 is 1.04 bits per heavy atom. The molecule has 1 unspecified atom stereocenters. The van der Waals surface area contributed by atoms with Crippen molar-refractivity contribution in [2.24, 2.45) is 4.99 Å². The van der Waals surface area contributed by atoms with E-state index in [2.05, 4.69) is 10.3 Å². The molecule has 0 radical (unpaired) electrons. The molecule has 140 valence electrons. The minimum atomic E-state index is -1.04. The molecule has 0 spiro atoms. The van der Waals surface area contributed by atoms with Gasteiger partial charge in [-0.05, 0) is 30.2 Å². The SMILES string of the molecule is CC1(C(=O)NC(c2ccccc2)c2ccccc2)CC(=O)N=C2C=CC=CN21. The van der Waals surface area contributed by atoms with Gasteiger partial charge in [0.25, 0.3) is 5.91 Å². The first-order valence-corrected chi connectivity index (χ1v) is 9.24. The molecule has 0 aliphatic carbocycles. The van der Waals surface area contributed by atoms with Crippen molar-refractivity contribution >= 4 is 17.6 Å². The standard InChI is InChI=1S/C23H21N3O2/c1-23(16-20(27)24-19-14-8-9-15-26(19)23)22(28)25-21(17-10-4-2-5-11-17)18-12-6-3-7-13-18/h2-15,21H,16H2,1H3,(H,25,28). The summed E-state index contributed by atoms with van der Waals surface area (Å²) in [6, 6.07) is 19.3. The largest absolute Gasteiger partial charge is 0.343 e. The zero-order valence-electron chi connectivity index (χ0n) is 15.6. The van der Waals surface area contributed by atoms with Gasteiger partial charge in [-0.15, -0.1) is 0 Å². The maximum atomic E-state index is 13.5. The van der Waals surface area contributed by atoms with Gasteiger partial charge in [0, 0.05) is 6.20 Å². The van der Waals surface area contributed by atoms with Gasteiger partial charge in [0.05, 0.1) is 12.5 Å². The van der Waals surface area contributed by atoms with E-state index in [1.54, 1.807) is 24.1 Å². The highest BCUT2D eigenvalue weighted by Crippen LogP contribution is 2.30. The molecule has 2 aliphatic rings. The minimum Gasteiger partial charge on any atom is -0.343 e. The molecule has 0 fully saturated rings. The molecule has 2 aromatic carbocycles. The van der Waals surface area contributed by atoms with E-state index in [0.717, 1.165) is 11.1 Å². The van der Waals surface area contributed by atoms with Crippen LogP contribution in [0.3, 0.4) is 0 Å². The molecule has 2 amide bonds. The molecule has 1 atom stereocenters. The summed E-state index contributed by atoms with van der Waals surface area (Å²) in [6.45, 7) is 1.78. The van der Waals surface area contributed by atoms with Crippen molar-refractivity contribution in [3.8, 4) is 0 Å². The molecule has 5 heteroatoms. The van der Waals surface area contributed by atoms with Crippen LogP contribution in [0.15, 0.2) is 90.1 Å². The van der Waals surface area contributed by atoms with Crippen LogP contribution in [0.5, 0.6) is 0 Å². The fourth-order valence-corrected chi connectivity index (χ4v) is 3.62. The molecule has 0 aromatic heterocycles. The average molecular weight is 371 g/mol. The van der Waals surface area contributed by atoms with E-state index >= 15 is 0 Å².